The molecular weight excluding hydrogens is 370 g/mol. The average Bonchev–Trinajstić information content (AvgIpc) is 3.25. The summed E-state index contributed by atoms with van der Waals surface area (Å²) in [6, 6.07) is 5.95. The maximum absolute atomic E-state index is 13.2. The van der Waals surface area contributed by atoms with Crippen LogP contribution in [-0.4, -0.2) is 61.8 Å². The van der Waals surface area contributed by atoms with Crippen LogP contribution >= 0.6 is 0 Å². The molecule has 3 aliphatic heterocycles. The zero-order chi connectivity index (χ0) is 20.4. The number of carbonyl (C=O) groups is 2. The number of nitrogens with one attached hydrogen (secondary N) is 1. The number of hydrogen-bond acceptors (Lipinski definition) is 4. The number of ether oxygens (including phenoxy) is 2. The summed E-state index contributed by atoms with van der Waals surface area (Å²) in [5.41, 5.74) is 1.94. The second-order valence-corrected chi connectivity index (χ2v) is 8.43. The van der Waals surface area contributed by atoms with Gasteiger partial charge in [0.15, 0.2) is 0 Å². The molecule has 0 aliphatic carbocycles. The lowest BCUT2D eigenvalue weighted by Gasteiger charge is -2.39. The predicted molar refractivity (Wildman–Crippen MR) is 110 cm³/mol. The smallest absolute Gasteiger partial charge is 0.324 e. The molecule has 2 atom stereocenters. The second kappa shape index (κ2) is 8.61. The van der Waals surface area contributed by atoms with E-state index in [4.69, 9.17) is 9.47 Å². The minimum Gasteiger partial charge on any atom is -0.487 e. The third-order valence-electron chi connectivity index (χ3n) is 6.07. The fourth-order valence-corrected chi connectivity index (χ4v) is 4.40. The minimum atomic E-state index is -0.0460. The molecule has 158 valence electrons. The van der Waals surface area contributed by atoms with Crippen LogP contribution in [0.2, 0.25) is 0 Å². The molecule has 0 saturated carbocycles. The van der Waals surface area contributed by atoms with Crippen molar-refractivity contribution in [3.05, 3.63) is 23.8 Å². The maximum atomic E-state index is 13.2. The van der Waals surface area contributed by atoms with Gasteiger partial charge < -0.3 is 19.7 Å². The van der Waals surface area contributed by atoms with Gasteiger partial charge in [-0.15, -0.1) is 0 Å². The molecule has 3 amide bonds. The van der Waals surface area contributed by atoms with Crippen molar-refractivity contribution in [3.8, 4) is 5.75 Å². The van der Waals surface area contributed by atoms with E-state index in [2.05, 4.69) is 5.32 Å². The van der Waals surface area contributed by atoms with Gasteiger partial charge in [0.2, 0.25) is 5.91 Å². The van der Waals surface area contributed by atoms with E-state index in [-0.39, 0.29) is 30.1 Å². The van der Waals surface area contributed by atoms with Crippen LogP contribution in [0.4, 0.5) is 10.5 Å². The number of fused-ring (bicyclic) bond motifs is 1. The first-order valence-electron chi connectivity index (χ1n) is 10.7. The van der Waals surface area contributed by atoms with E-state index in [9.17, 15) is 9.59 Å². The van der Waals surface area contributed by atoms with E-state index < -0.39 is 0 Å². The molecule has 2 fully saturated rings. The van der Waals surface area contributed by atoms with Gasteiger partial charge in [-0.25, -0.2) is 4.79 Å². The minimum absolute atomic E-state index is 0.00483. The molecule has 1 N–H and O–H groups in total. The summed E-state index contributed by atoms with van der Waals surface area (Å²) in [7, 11) is 0. The highest BCUT2D eigenvalue weighted by Gasteiger charge is 2.34. The summed E-state index contributed by atoms with van der Waals surface area (Å²) in [6.45, 7) is 7.13. The summed E-state index contributed by atoms with van der Waals surface area (Å²) < 4.78 is 11.5. The van der Waals surface area contributed by atoms with E-state index in [0.29, 0.717) is 39.0 Å². The number of nitrogens with zero attached hydrogens (tertiary/aromatic N) is 2. The lowest BCUT2D eigenvalue weighted by atomic mass is 9.96. The first-order chi connectivity index (χ1) is 14.0. The van der Waals surface area contributed by atoms with Crippen LogP contribution in [0.15, 0.2) is 18.2 Å². The summed E-state index contributed by atoms with van der Waals surface area (Å²) >= 11 is 0. The number of aryl methyl sites for hydroxylation is 1. The van der Waals surface area contributed by atoms with Gasteiger partial charge in [-0.2, -0.15) is 0 Å². The van der Waals surface area contributed by atoms with Gasteiger partial charge in [0.1, 0.15) is 11.9 Å². The maximum Gasteiger partial charge on any atom is 0.324 e. The van der Waals surface area contributed by atoms with Crippen LogP contribution in [0.25, 0.3) is 0 Å². The fourth-order valence-electron chi connectivity index (χ4n) is 4.40. The SMILES string of the molecule is Cc1ccc2c(c1)N(C(=O)N1CCC(C(=O)NC[C@@H]3CCCO3)CC1)C[C@H](C)O2. The summed E-state index contributed by atoms with van der Waals surface area (Å²) in [5.74, 6) is 0.818. The Labute approximate surface area is 172 Å². The van der Waals surface area contributed by atoms with Gasteiger partial charge in [0.05, 0.1) is 18.3 Å². The van der Waals surface area contributed by atoms with E-state index in [0.717, 1.165) is 36.4 Å². The Kier molecular flexibility index (Phi) is 5.94. The zero-order valence-corrected chi connectivity index (χ0v) is 17.4. The number of likely N-dealkylation sites (tertiary alicyclic amines) is 1. The van der Waals surface area contributed by atoms with Crippen LogP contribution in [-0.2, 0) is 9.53 Å². The van der Waals surface area contributed by atoms with Gasteiger partial charge in [0, 0.05) is 32.2 Å². The molecule has 29 heavy (non-hydrogen) atoms. The third kappa shape index (κ3) is 4.50. The van der Waals surface area contributed by atoms with Crippen LogP contribution in [0.3, 0.4) is 0 Å². The fraction of sp³-hybridized carbons (Fsp3) is 0.636. The number of amides is 3. The highest BCUT2D eigenvalue weighted by atomic mass is 16.5. The zero-order valence-electron chi connectivity index (χ0n) is 17.4. The van der Waals surface area contributed by atoms with Gasteiger partial charge in [0.25, 0.3) is 0 Å². The molecule has 2 saturated heterocycles. The van der Waals surface area contributed by atoms with Crippen molar-refractivity contribution >= 4 is 17.6 Å². The molecular formula is C22H31N3O4. The number of rotatable bonds is 3. The lowest BCUT2D eigenvalue weighted by molar-refractivity contribution is -0.126. The van der Waals surface area contributed by atoms with Crippen LogP contribution in [0.5, 0.6) is 5.75 Å². The van der Waals surface area contributed by atoms with Crippen molar-refractivity contribution in [2.45, 2.75) is 51.7 Å². The lowest BCUT2D eigenvalue weighted by Crippen LogP contribution is -2.52. The van der Waals surface area contributed by atoms with E-state index >= 15 is 0 Å². The molecule has 0 radical (unpaired) electrons. The standard InChI is InChI=1S/C22H31N3O4/c1-15-5-6-20-19(12-15)25(14-16(2)29-20)22(27)24-9-7-17(8-10-24)21(26)23-13-18-4-3-11-28-18/h5-6,12,16-18H,3-4,7-11,13-14H2,1-2H3,(H,23,26)/t16-,18-/m0/s1. The van der Waals surface area contributed by atoms with Crippen molar-refractivity contribution in [1.29, 1.82) is 0 Å². The summed E-state index contributed by atoms with van der Waals surface area (Å²) in [4.78, 5) is 29.4. The van der Waals surface area contributed by atoms with Gasteiger partial charge >= 0.3 is 6.03 Å². The Morgan fingerprint density at radius 2 is 2.00 bits per heavy atom. The van der Waals surface area contributed by atoms with E-state index in [1.165, 1.54) is 0 Å². The predicted octanol–water partition coefficient (Wildman–Crippen LogP) is 2.71. The molecule has 1 aromatic carbocycles. The Balaban J connectivity index is 1.33. The van der Waals surface area contributed by atoms with Crippen molar-refractivity contribution < 1.29 is 19.1 Å². The number of urea groups is 1. The highest BCUT2D eigenvalue weighted by molar-refractivity contribution is 5.94. The highest BCUT2D eigenvalue weighted by Crippen LogP contribution is 2.35. The van der Waals surface area contributed by atoms with Crippen molar-refractivity contribution in [2.75, 3.05) is 37.7 Å². The normalized spacial score (nSPS) is 24.8. The average molecular weight is 402 g/mol. The van der Waals surface area contributed by atoms with Crippen molar-refractivity contribution in [2.24, 2.45) is 5.92 Å². The van der Waals surface area contributed by atoms with Crippen LogP contribution < -0.4 is 15.0 Å². The summed E-state index contributed by atoms with van der Waals surface area (Å²) in [6.07, 6.45) is 3.60. The molecule has 7 nitrogen and oxygen atoms in total. The Bertz CT molecular complexity index is 754. The molecule has 0 spiro atoms. The molecule has 0 unspecified atom stereocenters. The second-order valence-electron chi connectivity index (χ2n) is 8.43. The number of anilines is 1. The molecule has 1 aromatic rings. The van der Waals surface area contributed by atoms with Crippen LogP contribution in [0, 0.1) is 12.8 Å². The first kappa shape index (κ1) is 20.0. The van der Waals surface area contributed by atoms with Gasteiger partial charge in [-0.05, 0) is 57.2 Å². The molecule has 7 heteroatoms. The van der Waals surface area contributed by atoms with Gasteiger partial charge in [-0.1, -0.05) is 6.07 Å². The van der Waals surface area contributed by atoms with Gasteiger partial charge in [-0.3, -0.25) is 9.69 Å². The van der Waals surface area contributed by atoms with E-state index in [1.807, 2.05) is 41.8 Å². The largest absolute Gasteiger partial charge is 0.487 e. The number of piperidine rings is 1. The van der Waals surface area contributed by atoms with E-state index in [1.54, 1.807) is 0 Å². The summed E-state index contributed by atoms with van der Waals surface area (Å²) in [5, 5.41) is 3.03. The first-order valence-corrected chi connectivity index (χ1v) is 10.7. The van der Waals surface area contributed by atoms with Crippen molar-refractivity contribution in [3.63, 3.8) is 0 Å². The number of benzene rings is 1. The molecule has 0 bridgehead atoms. The third-order valence-corrected chi connectivity index (χ3v) is 6.07. The van der Waals surface area contributed by atoms with Crippen molar-refractivity contribution in [1.82, 2.24) is 10.2 Å². The molecule has 4 rings (SSSR count). The number of carbonyl (C=O) groups excluding carboxylic acids is 2. The Morgan fingerprint density at radius 3 is 2.72 bits per heavy atom. The molecule has 3 heterocycles. The van der Waals surface area contributed by atoms with Crippen LogP contribution in [0.1, 0.15) is 38.2 Å². The quantitative estimate of drug-likeness (QED) is 0.845. The Morgan fingerprint density at radius 1 is 1.21 bits per heavy atom. The monoisotopic (exact) mass is 401 g/mol. The molecule has 3 aliphatic rings. The topological polar surface area (TPSA) is 71.1 Å². The Hall–Kier alpha value is -2.28. The number of hydrogen-bond donors (Lipinski definition) is 1. The molecule has 0 aromatic heterocycles.